The summed E-state index contributed by atoms with van der Waals surface area (Å²) in [5, 5.41) is 0. The number of nitrogen functional groups attached to an aromatic ring is 1. The Morgan fingerprint density at radius 2 is 2.27 bits per heavy atom. The number of aromatic nitrogens is 2. The molecule has 1 rings (SSSR count). The minimum atomic E-state index is 0.331. The van der Waals surface area contributed by atoms with Gasteiger partial charge in [0.2, 0.25) is 0 Å². The smallest absolute Gasteiger partial charge is 0.155 e. The van der Waals surface area contributed by atoms with Gasteiger partial charge < -0.3 is 15.4 Å². The Morgan fingerprint density at radius 1 is 1.53 bits per heavy atom. The normalized spacial score (nSPS) is 10.7. The number of anilines is 2. The molecule has 2 N–H and O–H groups in total. The fourth-order valence-electron chi connectivity index (χ4n) is 1.37. The van der Waals surface area contributed by atoms with Gasteiger partial charge in [0.1, 0.15) is 6.33 Å². The van der Waals surface area contributed by atoms with E-state index in [-0.39, 0.29) is 0 Å². The summed E-state index contributed by atoms with van der Waals surface area (Å²) >= 11 is 0. The van der Waals surface area contributed by atoms with E-state index >= 15 is 0 Å². The number of nitrogens with two attached hydrogens (primary N) is 1. The average Bonchev–Trinajstić information content (AvgIpc) is 2.20. The second-order valence-electron chi connectivity index (χ2n) is 3.58. The van der Waals surface area contributed by atoms with Crippen molar-refractivity contribution in [3.8, 4) is 0 Å². The van der Waals surface area contributed by atoms with Crippen LogP contribution in [-0.2, 0) is 4.74 Å². The number of rotatable bonds is 5. The van der Waals surface area contributed by atoms with Crippen molar-refractivity contribution in [2.24, 2.45) is 0 Å². The lowest BCUT2D eigenvalue weighted by atomic mass is 10.3. The topological polar surface area (TPSA) is 64.3 Å². The van der Waals surface area contributed by atoms with E-state index in [9.17, 15) is 0 Å². The van der Waals surface area contributed by atoms with Crippen molar-refractivity contribution >= 4 is 11.5 Å². The van der Waals surface area contributed by atoms with Crippen molar-refractivity contribution < 1.29 is 4.74 Å². The van der Waals surface area contributed by atoms with E-state index in [4.69, 9.17) is 10.5 Å². The van der Waals surface area contributed by atoms with Crippen LogP contribution in [0.5, 0.6) is 0 Å². The van der Waals surface area contributed by atoms with Crippen molar-refractivity contribution in [3.63, 3.8) is 0 Å². The molecule has 0 atom stereocenters. The molecule has 1 aromatic heterocycles. The molecule has 0 aliphatic heterocycles. The van der Waals surface area contributed by atoms with Gasteiger partial charge >= 0.3 is 0 Å². The SMILES string of the molecule is COCCN(c1ncncc1N)C(C)C. The minimum Gasteiger partial charge on any atom is -0.394 e. The van der Waals surface area contributed by atoms with E-state index in [1.54, 1.807) is 13.3 Å². The standard InChI is InChI=1S/C10H18N4O/c1-8(2)14(4-5-15-3)10-9(11)6-12-7-13-10/h6-8H,4-5,11H2,1-3H3. The van der Waals surface area contributed by atoms with Gasteiger partial charge in [0.25, 0.3) is 0 Å². The summed E-state index contributed by atoms with van der Waals surface area (Å²) in [5.41, 5.74) is 6.42. The molecule has 15 heavy (non-hydrogen) atoms. The highest BCUT2D eigenvalue weighted by molar-refractivity contribution is 5.61. The fourth-order valence-corrected chi connectivity index (χ4v) is 1.37. The molecular formula is C10H18N4O. The quantitative estimate of drug-likeness (QED) is 0.783. The lowest BCUT2D eigenvalue weighted by Gasteiger charge is -2.28. The average molecular weight is 210 g/mol. The second kappa shape index (κ2) is 5.50. The maximum Gasteiger partial charge on any atom is 0.155 e. The Labute approximate surface area is 90.3 Å². The van der Waals surface area contributed by atoms with Crippen LogP contribution in [0.1, 0.15) is 13.8 Å². The molecule has 0 spiro atoms. The van der Waals surface area contributed by atoms with Crippen LogP contribution in [0, 0.1) is 0 Å². The molecule has 0 aliphatic rings. The van der Waals surface area contributed by atoms with Crippen LogP contribution in [-0.4, -0.2) is 36.3 Å². The number of methoxy groups -OCH3 is 1. The fraction of sp³-hybridized carbons (Fsp3) is 0.600. The van der Waals surface area contributed by atoms with Crippen LogP contribution in [0.4, 0.5) is 11.5 Å². The summed E-state index contributed by atoms with van der Waals surface area (Å²) in [7, 11) is 1.68. The van der Waals surface area contributed by atoms with Crippen LogP contribution < -0.4 is 10.6 Å². The van der Waals surface area contributed by atoms with E-state index in [0.29, 0.717) is 18.3 Å². The molecule has 0 saturated heterocycles. The lowest BCUT2D eigenvalue weighted by Crippen LogP contribution is -2.35. The molecule has 5 nitrogen and oxygen atoms in total. The predicted octanol–water partition coefficient (Wildman–Crippen LogP) is 0.920. The Hall–Kier alpha value is -1.36. The number of hydrogen-bond donors (Lipinski definition) is 1. The van der Waals surface area contributed by atoms with Gasteiger partial charge in [-0.2, -0.15) is 0 Å². The molecule has 0 unspecified atom stereocenters. The third-order valence-corrected chi connectivity index (χ3v) is 2.15. The highest BCUT2D eigenvalue weighted by atomic mass is 16.5. The van der Waals surface area contributed by atoms with Gasteiger partial charge in [0, 0.05) is 19.7 Å². The van der Waals surface area contributed by atoms with Crippen molar-refractivity contribution in [1.82, 2.24) is 9.97 Å². The molecule has 0 bridgehead atoms. The van der Waals surface area contributed by atoms with Gasteiger partial charge in [-0.3, -0.25) is 0 Å². The Bertz CT molecular complexity index is 303. The van der Waals surface area contributed by atoms with Gasteiger partial charge in [-0.25, -0.2) is 9.97 Å². The van der Waals surface area contributed by atoms with Gasteiger partial charge in [-0.05, 0) is 13.8 Å². The summed E-state index contributed by atoms with van der Waals surface area (Å²) in [6.07, 6.45) is 3.12. The zero-order valence-electron chi connectivity index (χ0n) is 9.47. The zero-order chi connectivity index (χ0) is 11.3. The van der Waals surface area contributed by atoms with E-state index in [1.165, 1.54) is 6.33 Å². The summed E-state index contributed by atoms with van der Waals surface area (Å²) in [6.45, 7) is 5.62. The molecule has 0 saturated carbocycles. The van der Waals surface area contributed by atoms with E-state index in [0.717, 1.165) is 12.4 Å². The van der Waals surface area contributed by atoms with Crippen LogP contribution in [0.2, 0.25) is 0 Å². The van der Waals surface area contributed by atoms with Crippen molar-refractivity contribution in [3.05, 3.63) is 12.5 Å². The van der Waals surface area contributed by atoms with E-state index < -0.39 is 0 Å². The maximum absolute atomic E-state index is 5.82. The van der Waals surface area contributed by atoms with Crippen molar-refractivity contribution in [1.29, 1.82) is 0 Å². The molecular weight excluding hydrogens is 192 g/mol. The van der Waals surface area contributed by atoms with E-state index in [1.807, 2.05) is 0 Å². The molecule has 1 heterocycles. The maximum atomic E-state index is 5.82. The largest absolute Gasteiger partial charge is 0.394 e. The van der Waals surface area contributed by atoms with Crippen LogP contribution in [0.15, 0.2) is 12.5 Å². The first-order chi connectivity index (χ1) is 7.16. The molecule has 0 radical (unpaired) electrons. The van der Waals surface area contributed by atoms with Crippen LogP contribution in [0.25, 0.3) is 0 Å². The van der Waals surface area contributed by atoms with Crippen molar-refractivity contribution in [2.45, 2.75) is 19.9 Å². The molecule has 0 amide bonds. The first-order valence-electron chi connectivity index (χ1n) is 4.98. The summed E-state index contributed by atoms with van der Waals surface area (Å²) in [5.74, 6) is 0.775. The van der Waals surface area contributed by atoms with E-state index in [2.05, 4.69) is 28.7 Å². The van der Waals surface area contributed by atoms with Crippen molar-refractivity contribution in [2.75, 3.05) is 30.9 Å². The highest BCUT2D eigenvalue weighted by Gasteiger charge is 2.14. The van der Waals surface area contributed by atoms with Gasteiger partial charge in [0.05, 0.1) is 18.5 Å². The zero-order valence-corrected chi connectivity index (χ0v) is 9.47. The summed E-state index contributed by atoms with van der Waals surface area (Å²) in [6, 6.07) is 0.331. The summed E-state index contributed by atoms with van der Waals surface area (Å²) < 4.78 is 5.06. The first kappa shape index (κ1) is 11.7. The number of ether oxygens (including phenoxy) is 1. The highest BCUT2D eigenvalue weighted by Crippen LogP contribution is 2.19. The Kier molecular flexibility index (Phi) is 4.30. The molecule has 0 aromatic carbocycles. The first-order valence-corrected chi connectivity index (χ1v) is 4.98. The third-order valence-electron chi connectivity index (χ3n) is 2.15. The van der Waals surface area contributed by atoms with Crippen LogP contribution >= 0.6 is 0 Å². The monoisotopic (exact) mass is 210 g/mol. The van der Waals surface area contributed by atoms with Gasteiger partial charge in [-0.15, -0.1) is 0 Å². The minimum absolute atomic E-state index is 0.331. The molecule has 0 fully saturated rings. The summed E-state index contributed by atoms with van der Waals surface area (Å²) in [4.78, 5) is 10.2. The molecule has 0 aliphatic carbocycles. The predicted molar refractivity (Wildman–Crippen MR) is 60.8 cm³/mol. The second-order valence-corrected chi connectivity index (χ2v) is 3.58. The van der Waals surface area contributed by atoms with Gasteiger partial charge in [-0.1, -0.05) is 0 Å². The number of nitrogens with zero attached hydrogens (tertiary/aromatic N) is 3. The molecule has 5 heteroatoms. The molecule has 1 aromatic rings. The lowest BCUT2D eigenvalue weighted by molar-refractivity contribution is 0.203. The Morgan fingerprint density at radius 3 is 2.80 bits per heavy atom. The molecule has 84 valence electrons. The Balaban J connectivity index is 2.84. The third kappa shape index (κ3) is 3.06. The van der Waals surface area contributed by atoms with Gasteiger partial charge in [0.15, 0.2) is 5.82 Å². The van der Waals surface area contributed by atoms with Crippen LogP contribution in [0.3, 0.4) is 0 Å². The number of hydrogen-bond acceptors (Lipinski definition) is 5.